The van der Waals surface area contributed by atoms with Crippen molar-refractivity contribution in [3.05, 3.63) is 49.5 Å². The lowest BCUT2D eigenvalue weighted by Gasteiger charge is -2.14. The summed E-state index contributed by atoms with van der Waals surface area (Å²) in [6, 6.07) is 10.3. The molecule has 0 saturated carbocycles. The molecule has 1 heterocycles. The van der Waals surface area contributed by atoms with E-state index in [2.05, 4.69) is 37.2 Å². The van der Waals surface area contributed by atoms with Crippen molar-refractivity contribution in [3.8, 4) is 0 Å². The predicted molar refractivity (Wildman–Crippen MR) is 80.2 cm³/mol. The Bertz CT molecular complexity index is 553. The van der Waals surface area contributed by atoms with Crippen LogP contribution < -0.4 is 5.32 Å². The zero-order valence-corrected chi connectivity index (χ0v) is 13.0. The summed E-state index contributed by atoms with van der Waals surface area (Å²) in [5, 5.41) is 12.3. The third-order valence-electron chi connectivity index (χ3n) is 2.28. The van der Waals surface area contributed by atoms with Crippen LogP contribution >= 0.6 is 43.2 Å². The van der Waals surface area contributed by atoms with Gasteiger partial charge in [-0.15, -0.1) is 11.3 Å². The van der Waals surface area contributed by atoms with E-state index in [1.54, 1.807) is 6.07 Å². The van der Waals surface area contributed by atoms with Crippen LogP contribution in [0, 0.1) is 0 Å². The molecular weight excluding hydrogens is 382 g/mol. The molecule has 3 nitrogen and oxygen atoms in total. The molecule has 1 unspecified atom stereocenters. The number of nitrogens with one attached hydrogen (secondary N) is 1. The first-order valence-corrected chi connectivity index (χ1v) is 7.46. The first-order chi connectivity index (χ1) is 8.56. The molecule has 18 heavy (non-hydrogen) atoms. The van der Waals surface area contributed by atoms with Crippen molar-refractivity contribution in [2.24, 2.45) is 0 Å². The smallest absolute Gasteiger partial charge is 0.331 e. The third-order valence-corrected chi connectivity index (χ3v) is 4.50. The number of halogens is 2. The fourth-order valence-corrected chi connectivity index (χ4v) is 3.18. The van der Waals surface area contributed by atoms with Gasteiger partial charge in [-0.05, 0) is 52.3 Å². The van der Waals surface area contributed by atoms with Gasteiger partial charge >= 0.3 is 5.97 Å². The molecule has 0 aliphatic carbocycles. The standard InChI is InChI=1S/C12H9Br2NO2S/c13-7-1-3-8(4-2-7)15-11(12(16)17)9-5-6-10(14)18-9/h1-6,11,15H,(H,16,17). The number of benzene rings is 1. The molecule has 0 amide bonds. The van der Waals surface area contributed by atoms with E-state index < -0.39 is 12.0 Å². The predicted octanol–water partition coefficient (Wildman–Crippen LogP) is 4.51. The molecule has 0 aliphatic heterocycles. The molecule has 0 fully saturated rings. The molecule has 1 aromatic heterocycles. The molecule has 2 aromatic rings. The fourth-order valence-electron chi connectivity index (χ4n) is 1.45. The molecule has 1 aromatic carbocycles. The van der Waals surface area contributed by atoms with E-state index in [9.17, 15) is 9.90 Å². The number of aliphatic carboxylic acids is 1. The molecule has 1 atom stereocenters. The van der Waals surface area contributed by atoms with E-state index in [-0.39, 0.29) is 0 Å². The fraction of sp³-hybridized carbons (Fsp3) is 0.0833. The van der Waals surface area contributed by atoms with Crippen molar-refractivity contribution in [3.63, 3.8) is 0 Å². The van der Waals surface area contributed by atoms with Gasteiger partial charge in [0.15, 0.2) is 6.04 Å². The van der Waals surface area contributed by atoms with Crippen molar-refractivity contribution in [1.29, 1.82) is 0 Å². The van der Waals surface area contributed by atoms with Gasteiger partial charge < -0.3 is 10.4 Å². The SMILES string of the molecule is O=C(O)C(Nc1ccc(Br)cc1)c1ccc(Br)s1. The Morgan fingerprint density at radius 2 is 1.83 bits per heavy atom. The Labute approximate surface area is 125 Å². The summed E-state index contributed by atoms with van der Waals surface area (Å²) in [6.07, 6.45) is 0. The number of anilines is 1. The first kappa shape index (κ1) is 13.6. The van der Waals surface area contributed by atoms with Crippen LogP contribution in [0.1, 0.15) is 10.9 Å². The lowest BCUT2D eigenvalue weighted by Crippen LogP contribution is -2.19. The number of carboxylic acid groups (broad SMARTS) is 1. The summed E-state index contributed by atoms with van der Waals surface area (Å²) in [4.78, 5) is 12.1. The Morgan fingerprint density at radius 3 is 2.33 bits per heavy atom. The number of rotatable bonds is 4. The van der Waals surface area contributed by atoms with Gasteiger partial charge in [0.1, 0.15) is 0 Å². The highest BCUT2D eigenvalue weighted by Gasteiger charge is 2.21. The number of hydrogen-bond acceptors (Lipinski definition) is 3. The van der Waals surface area contributed by atoms with Crippen LogP contribution in [0.3, 0.4) is 0 Å². The van der Waals surface area contributed by atoms with E-state index in [4.69, 9.17) is 0 Å². The van der Waals surface area contributed by atoms with Gasteiger partial charge in [0.05, 0.1) is 3.79 Å². The Balaban J connectivity index is 2.22. The summed E-state index contributed by atoms with van der Waals surface area (Å²) >= 11 is 8.09. The first-order valence-electron chi connectivity index (χ1n) is 5.06. The van der Waals surface area contributed by atoms with Crippen molar-refractivity contribution in [1.82, 2.24) is 0 Å². The van der Waals surface area contributed by atoms with Crippen molar-refractivity contribution < 1.29 is 9.90 Å². The van der Waals surface area contributed by atoms with Crippen molar-refractivity contribution in [2.45, 2.75) is 6.04 Å². The van der Waals surface area contributed by atoms with E-state index in [1.165, 1.54) is 11.3 Å². The van der Waals surface area contributed by atoms with Crippen LogP contribution in [-0.4, -0.2) is 11.1 Å². The molecule has 0 saturated heterocycles. The van der Waals surface area contributed by atoms with Gasteiger partial charge in [0, 0.05) is 15.0 Å². The molecular formula is C12H9Br2NO2S. The third kappa shape index (κ3) is 3.34. The van der Waals surface area contributed by atoms with Crippen LogP contribution in [0.4, 0.5) is 5.69 Å². The second-order valence-corrected chi connectivity index (χ2v) is 6.97. The summed E-state index contributed by atoms with van der Waals surface area (Å²) in [5.41, 5.74) is 0.773. The Morgan fingerprint density at radius 1 is 1.17 bits per heavy atom. The van der Waals surface area contributed by atoms with Crippen LogP contribution in [0.2, 0.25) is 0 Å². The Hall–Kier alpha value is -0.850. The van der Waals surface area contributed by atoms with E-state index in [1.807, 2.05) is 30.3 Å². The number of thiophene rings is 1. The average Bonchev–Trinajstić information content (AvgIpc) is 2.74. The van der Waals surface area contributed by atoms with Gasteiger partial charge in [-0.2, -0.15) is 0 Å². The van der Waals surface area contributed by atoms with Gasteiger partial charge in [-0.25, -0.2) is 4.79 Å². The van der Waals surface area contributed by atoms with Crippen LogP contribution in [0.15, 0.2) is 44.7 Å². The lowest BCUT2D eigenvalue weighted by molar-refractivity contribution is -0.138. The van der Waals surface area contributed by atoms with Crippen molar-refractivity contribution >= 4 is 54.9 Å². The van der Waals surface area contributed by atoms with E-state index in [0.29, 0.717) is 0 Å². The molecule has 94 valence electrons. The summed E-state index contributed by atoms with van der Waals surface area (Å²) in [6.45, 7) is 0. The average molecular weight is 391 g/mol. The molecule has 2 rings (SSSR count). The van der Waals surface area contributed by atoms with E-state index in [0.717, 1.165) is 18.8 Å². The number of hydrogen-bond donors (Lipinski definition) is 2. The zero-order chi connectivity index (χ0) is 13.1. The van der Waals surface area contributed by atoms with Crippen LogP contribution in [0.5, 0.6) is 0 Å². The minimum Gasteiger partial charge on any atom is -0.479 e. The zero-order valence-electron chi connectivity index (χ0n) is 9.06. The molecule has 6 heteroatoms. The molecule has 0 aliphatic rings. The summed E-state index contributed by atoms with van der Waals surface area (Å²) in [5.74, 6) is -0.896. The maximum Gasteiger partial charge on any atom is 0.331 e. The lowest BCUT2D eigenvalue weighted by atomic mass is 10.2. The van der Waals surface area contributed by atoms with Crippen molar-refractivity contribution in [2.75, 3.05) is 5.32 Å². The second kappa shape index (κ2) is 5.86. The number of carboxylic acids is 1. The highest BCUT2D eigenvalue weighted by atomic mass is 79.9. The quantitative estimate of drug-likeness (QED) is 0.807. The summed E-state index contributed by atoms with van der Waals surface area (Å²) in [7, 11) is 0. The maximum absolute atomic E-state index is 11.3. The van der Waals surface area contributed by atoms with Gasteiger partial charge in [0.2, 0.25) is 0 Å². The van der Waals surface area contributed by atoms with Gasteiger partial charge in [-0.3, -0.25) is 0 Å². The summed E-state index contributed by atoms with van der Waals surface area (Å²) < 4.78 is 1.88. The molecule has 2 N–H and O–H groups in total. The maximum atomic E-state index is 11.3. The molecule has 0 spiro atoms. The highest BCUT2D eigenvalue weighted by Crippen LogP contribution is 2.30. The van der Waals surface area contributed by atoms with E-state index >= 15 is 0 Å². The molecule has 0 radical (unpaired) electrons. The Kier molecular flexibility index (Phi) is 4.42. The topological polar surface area (TPSA) is 49.3 Å². The highest BCUT2D eigenvalue weighted by molar-refractivity contribution is 9.11. The molecule has 0 bridgehead atoms. The van der Waals surface area contributed by atoms with Crippen LogP contribution in [-0.2, 0) is 4.79 Å². The largest absolute Gasteiger partial charge is 0.479 e. The van der Waals surface area contributed by atoms with Gasteiger partial charge in [0.25, 0.3) is 0 Å². The minimum atomic E-state index is -0.896. The number of carbonyl (C=O) groups is 1. The second-order valence-electron chi connectivity index (χ2n) is 3.56. The van der Waals surface area contributed by atoms with Crippen LogP contribution in [0.25, 0.3) is 0 Å². The van der Waals surface area contributed by atoms with Gasteiger partial charge in [-0.1, -0.05) is 15.9 Å². The monoisotopic (exact) mass is 389 g/mol. The minimum absolute atomic E-state index is 0.734. The normalized spacial score (nSPS) is 12.1.